The first kappa shape index (κ1) is 19.7. The van der Waals surface area contributed by atoms with Gasteiger partial charge in [-0.05, 0) is 38.1 Å². The maximum absolute atomic E-state index is 9.31. The van der Waals surface area contributed by atoms with Gasteiger partial charge < -0.3 is 25.4 Å². The summed E-state index contributed by atoms with van der Waals surface area (Å²) in [4.78, 5) is 6.46. The van der Waals surface area contributed by atoms with Crippen LogP contribution in [0.5, 0.6) is 0 Å². The highest BCUT2D eigenvalue weighted by Crippen LogP contribution is 2.31. The molecule has 1 aromatic rings. The van der Waals surface area contributed by atoms with Crippen LogP contribution in [0.2, 0.25) is 0 Å². The van der Waals surface area contributed by atoms with E-state index in [2.05, 4.69) is 58.9 Å². The molecule has 0 spiro atoms. The van der Waals surface area contributed by atoms with Gasteiger partial charge in [-0.2, -0.15) is 0 Å². The predicted octanol–water partition coefficient (Wildman–Crippen LogP) is 1.20. The van der Waals surface area contributed by atoms with Crippen LogP contribution in [0.1, 0.15) is 24.0 Å². The zero-order valence-electron chi connectivity index (χ0n) is 15.7. The number of hydrogen-bond donors (Lipinski definition) is 3. The highest BCUT2D eigenvalue weighted by Gasteiger charge is 2.34. The maximum Gasteiger partial charge on any atom is 0.191 e. The number of aliphatic hydroxyl groups excluding tert-OH is 1. The summed E-state index contributed by atoms with van der Waals surface area (Å²) >= 11 is 0. The Kier molecular flexibility index (Phi) is 7.68. The van der Waals surface area contributed by atoms with E-state index < -0.39 is 0 Å². The van der Waals surface area contributed by atoms with Gasteiger partial charge in [0.25, 0.3) is 0 Å². The molecule has 0 radical (unpaired) electrons. The summed E-state index contributed by atoms with van der Waals surface area (Å²) in [5.41, 5.74) is 2.54. The summed E-state index contributed by atoms with van der Waals surface area (Å²) in [6.07, 6.45) is 1.73. The molecule has 1 aromatic carbocycles. The summed E-state index contributed by atoms with van der Waals surface area (Å²) in [5, 5.41) is 16.1. The number of nitrogens with zero attached hydrogens (tertiary/aromatic N) is 2. The van der Waals surface area contributed by atoms with Crippen molar-refractivity contribution in [1.29, 1.82) is 0 Å². The van der Waals surface area contributed by atoms with Crippen molar-refractivity contribution in [3.8, 4) is 0 Å². The molecule has 0 amide bonds. The molecule has 0 bridgehead atoms. The third-order valence-electron chi connectivity index (χ3n) is 4.66. The van der Waals surface area contributed by atoms with Crippen LogP contribution in [-0.4, -0.2) is 63.5 Å². The van der Waals surface area contributed by atoms with Gasteiger partial charge in [0, 0.05) is 45.3 Å². The zero-order valence-corrected chi connectivity index (χ0v) is 15.7. The number of nitrogens with one attached hydrogen (secondary N) is 2. The molecule has 1 fully saturated rings. The van der Waals surface area contributed by atoms with E-state index >= 15 is 0 Å². The molecule has 1 heterocycles. The summed E-state index contributed by atoms with van der Waals surface area (Å²) in [7, 11) is 5.92. The number of hydrogen-bond acceptors (Lipinski definition) is 4. The lowest BCUT2D eigenvalue weighted by molar-refractivity contribution is 0.127. The average Bonchev–Trinajstić information content (AvgIpc) is 3.05. The van der Waals surface area contributed by atoms with Crippen molar-refractivity contribution in [2.24, 2.45) is 10.4 Å². The van der Waals surface area contributed by atoms with E-state index in [1.807, 2.05) is 0 Å². The van der Waals surface area contributed by atoms with Gasteiger partial charge in [-0.25, -0.2) is 0 Å². The Labute approximate surface area is 151 Å². The van der Waals surface area contributed by atoms with Crippen LogP contribution in [-0.2, 0) is 17.8 Å². The quantitative estimate of drug-likeness (QED) is 0.487. The summed E-state index contributed by atoms with van der Waals surface area (Å²) in [5.74, 6) is 0.779. The van der Waals surface area contributed by atoms with Gasteiger partial charge in [-0.15, -0.1) is 0 Å². The third kappa shape index (κ3) is 6.30. The normalized spacial score (nSPS) is 20.9. The van der Waals surface area contributed by atoms with Crippen molar-refractivity contribution in [2.45, 2.75) is 25.9 Å². The third-order valence-corrected chi connectivity index (χ3v) is 4.66. The number of aliphatic hydroxyl groups is 1. The van der Waals surface area contributed by atoms with Crippen molar-refractivity contribution < 1.29 is 9.84 Å². The molecule has 1 aliphatic rings. The molecule has 3 N–H and O–H groups in total. The number of benzene rings is 1. The number of guanidine groups is 1. The van der Waals surface area contributed by atoms with Gasteiger partial charge >= 0.3 is 0 Å². The summed E-state index contributed by atoms with van der Waals surface area (Å²) in [6, 6.07) is 8.63. The minimum Gasteiger partial charge on any atom is -0.396 e. The Bertz CT molecular complexity index is 537. The smallest absolute Gasteiger partial charge is 0.191 e. The van der Waals surface area contributed by atoms with Gasteiger partial charge in [0.1, 0.15) is 0 Å². The Morgan fingerprint density at radius 3 is 2.52 bits per heavy atom. The second kappa shape index (κ2) is 9.75. The van der Waals surface area contributed by atoms with Crippen LogP contribution in [0.4, 0.5) is 0 Å². The topological polar surface area (TPSA) is 69.1 Å². The van der Waals surface area contributed by atoms with E-state index in [9.17, 15) is 5.11 Å². The molecule has 0 aliphatic carbocycles. The summed E-state index contributed by atoms with van der Waals surface area (Å²) < 4.78 is 5.53. The molecule has 1 unspecified atom stereocenters. The Morgan fingerprint density at radius 2 is 1.96 bits per heavy atom. The first-order valence-electron chi connectivity index (χ1n) is 8.92. The van der Waals surface area contributed by atoms with E-state index in [-0.39, 0.29) is 12.0 Å². The molecular weight excluding hydrogens is 316 g/mol. The fraction of sp³-hybridized carbons (Fsp3) is 0.632. The van der Waals surface area contributed by atoms with Crippen molar-refractivity contribution >= 4 is 5.96 Å². The van der Waals surface area contributed by atoms with E-state index in [4.69, 9.17) is 4.74 Å². The SMILES string of the molecule is CN=C(NCc1ccc(CN(C)C)cc1)NCC1(CCO)CCOC1. The molecule has 2 rings (SSSR count). The van der Waals surface area contributed by atoms with E-state index in [1.54, 1.807) is 7.05 Å². The van der Waals surface area contributed by atoms with Crippen molar-refractivity contribution in [3.05, 3.63) is 35.4 Å². The van der Waals surface area contributed by atoms with Crippen molar-refractivity contribution in [2.75, 3.05) is 47.5 Å². The largest absolute Gasteiger partial charge is 0.396 e. The molecule has 0 saturated carbocycles. The molecule has 25 heavy (non-hydrogen) atoms. The first-order valence-corrected chi connectivity index (χ1v) is 8.92. The Morgan fingerprint density at radius 1 is 1.24 bits per heavy atom. The van der Waals surface area contributed by atoms with Gasteiger partial charge in [-0.1, -0.05) is 24.3 Å². The second-order valence-electron chi connectivity index (χ2n) is 7.11. The van der Waals surface area contributed by atoms with E-state index in [1.165, 1.54) is 11.1 Å². The predicted molar refractivity (Wildman–Crippen MR) is 102 cm³/mol. The lowest BCUT2D eigenvalue weighted by atomic mass is 9.84. The molecule has 6 heteroatoms. The number of rotatable bonds is 8. The Hall–Kier alpha value is -1.63. The van der Waals surface area contributed by atoms with Gasteiger partial charge in [0.05, 0.1) is 6.61 Å². The van der Waals surface area contributed by atoms with Crippen LogP contribution in [0.25, 0.3) is 0 Å². The van der Waals surface area contributed by atoms with Crippen LogP contribution >= 0.6 is 0 Å². The minimum absolute atomic E-state index is 0.0141. The average molecular weight is 348 g/mol. The van der Waals surface area contributed by atoms with Crippen LogP contribution < -0.4 is 10.6 Å². The van der Waals surface area contributed by atoms with Crippen molar-refractivity contribution in [3.63, 3.8) is 0 Å². The maximum atomic E-state index is 9.31. The highest BCUT2D eigenvalue weighted by atomic mass is 16.5. The highest BCUT2D eigenvalue weighted by molar-refractivity contribution is 5.79. The van der Waals surface area contributed by atoms with E-state index in [0.29, 0.717) is 6.61 Å². The minimum atomic E-state index is 0.0141. The van der Waals surface area contributed by atoms with Crippen molar-refractivity contribution in [1.82, 2.24) is 15.5 Å². The Balaban J connectivity index is 1.81. The van der Waals surface area contributed by atoms with Crippen LogP contribution in [0.3, 0.4) is 0 Å². The van der Waals surface area contributed by atoms with Gasteiger partial charge in [-0.3, -0.25) is 4.99 Å². The number of ether oxygens (including phenoxy) is 1. The monoisotopic (exact) mass is 348 g/mol. The molecular formula is C19H32N4O2. The first-order chi connectivity index (χ1) is 12.1. The molecule has 0 aromatic heterocycles. The molecule has 1 aliphatic heterocycles. The van der Waals surface area contributed by atoms with E-state index in [0.717, 1.165) is 45.0 Å². The second-order valence-corrected chi connectivity index (χ2v) is 7.11. The molecule has 140 valence electrons. The molecule has 1 atom stereocenters. The number of aliphatic imine (C=N–C) groups is 1. The molecule has 1 saturated heterocycles. The summed E-state index contributed by atoms with van der Waals surface area (Å²) in [6.45, 7) is 4.10. The zero-order chi connectivity index (χ0) is 18.1. The molecule has 6 nitrogen and oxygen atoms in total. The van der Waals surface area contributed by atoms with Crippen LogP contribution in [0, 0.1) is 5.41 Å². The fourth-order valence-electron chi connectivity index (χ4n) is 3.12. The lowest BCUT2D eigenvalue weighted by Gasteiger charge is -2.27. The van der Waals surface area contributed by atoms with Gasteiger partial charge in [0.15, 0.2) is 5.96 Å². The van der Waals surface area contributed by atoms with Gasteiger partial charge in [0.2, 0.25) is 0 Å². The fourth-order valence-corrected chi connectivity index (χ4v) is 3.12. The standard InChI is InChI=1S/C19H32N4O2/c1-20-18(22-14-19(8-10-24)9-11-25-15-19)21-12-16-4-6-17(7-5-16)13-23(2)3/h4-7,24H,8-15H2,1-3H3,(H2,20,21,22). The van der Waals surface area contributed by atoms with Crippen LogP contribution in [0.15, 0.2) is 29.3 Å². The lowest BCUT2D eigenvalue weighted by Crippen LogP contribution is -2.44.